The van der Waals surface area contributed by atoms with Gasteiger partial charge in [-0.3, -0.25) is 4.79 Å². The van der Waals surface area contributed by atoms with Crippen LogP contribution in [0, 0.1) is 6.92 Å². The molecule has 3 nitrogen and oxygen atoms in total. The zero-order valence-electron chi connectivity index (χ0n) is 7.32. The van der Waals surface area contributed by atoms with Crippen molar-refractivity contribution in [1.82, 2.24) is 0 Å². The third kappa shape index (κ3) is 2.33. The first-order valence-corrected chi connectivity index (χ1v) is 3.87. The average molecular weight is 177 g/mol. The molecule has 1 aromatic carbocycles. The maximum atomic E-state index is 10.4. The van der Waals surface area contributed by atoms with Crippen molar-refractivity contribution >= 4 is 12.0 Å². The number of primary amides is 1. The quantitative estimate of drug-likeness (QED) is 0.666. The van der Waals surface area contributed by atoms with Gasteiger partial charge in [0.1, 0.15) is 5.75 Å². The van der Waals surface area contributed by atoms with Gasteiger partial charge in [-0.2, -0.15) is 0 Å². The monoisotopic (exact) mass is 177 g/mol. The third-order valence-corrected chi connectivity index (χ3v) is 1.70. The Kier molecular flexibility index (Phi) is 2.69. The molecule has 0 atom stereocenters. The number of hydrogen-bond acceptors (Lipinski definition) is 2. The number of rotatable bonds is 2. The summed E-state index contributed by atoms with van der Waals surface area (Å²) in [5.41, 5.74) is 6.29. The van der Waals surface area contributed by atoms with Crippen molar-refractivity contribution in [3.63, 3.8) is 0 Å². The highest BCUT2D eigenvalue weighted by atomic mass is 16.3. The summed E-state index contributed by atoms with van der Waals surface area (Å²) < 4.78 is 0. The first-order chi connectivity index (χ1) is 6.11. The van der Waals surface area contributed by atoms with Crippen LogP contribution in [0.2, 0.25) is 0 Å². The van der Waals surface area contributed by atoms with Crippen LogP contribution in [0.25, 0.3) is 6.08 Å². The molecule has 0 aliphatic heterocycles. The van der Waals surface area contributed by atoms with E-state index in [-0.39, 0.29) is 5.75 Å². The molecule has 1 rings (SSSR count). The Bertz CT molecular complexity index is 356. The number of phenols is 1. The van der Waals surface area contributed by atoms with E-state index in [0.717, 1.165) is 5.56 Å². The lowest BCUT2D eigenvalue weighted by Gasteiger charge is -2.01. The van der Waals surface area contributed by atoms with Crippen molar-refractivity contribution in [3.8, 4) is 5.75 Å². The van der Waals surface area contributed by atoms with Crippen LogP contribution < -0.4 is 5.73 Å². The van der Waals surface area contributed by atoms with Gasteiger partial charge in [0.05, 0.1) is 0 Å². The van der Waals surface area contributed by atoms with E-state index in [1.165, 1.54) is 12.2 Å². The number of hydrogen-bond donors (Lipinski definition) is 2. The highest BCUT2D eigenvalue weighted by Gasteiger charge is 1.99. The normalized spacial score (nSPS) is 10.5. The van der Waals surface area contributed by atoms with E-state index >= 15 is 0 Å². The Morgan fingerprint density at radius 3 is 2.85 bits per heavy atom. The van der Waals surface area contributed by atoms with Crippen LogP contribution in [0.1, 0.15) is 11.1 Å². The second-order valence-corrected chi connectivity index (χ2v) is 2.75. The van der Waals surface area contributed by atoms with Gasteiger partial charge in [0.2, 0.25) is 5.91 Å². The van der Waals surface area contributed by atoms with Crippen molar-refractivity contribution in [3.05, 3.63) is 35.4 Å². The number of phenolic OH excluding ortho intramolecular Hbond substituents is 1. The largest absolute Gasteiger partial charge is 0.507 e. The standard InChI is InChI=1S/C10H11NO2/c1-7-3-2-4-8(10(7)13)5-6-9(11)12/h2-6,13H,1H3,(H2,11,12)/b6-5+. The van der Waals surface area contributed by atoms with Crippen molar-refractivity contribution in [2.24, 2.45) is 5.73 Å². The molecular weight excluding hydrogens is 166 g/mol. The number of nitrogens with two attached hydrogens (primary N) is 1. The maximum absolute atomic E-state index is 10.4. The molecule has 0 unspecified atom stereocenters. The third-order valence-electron chi connectivity index (χ3n) is 1.70. The molecule has 1 amide bonds. The number of para-hydroxylation sites is 1. The zero-order chi connectivity index (χ0) is 9.84. The van der Waals surface area contributed by atoms with E-state index < -0.39 is 5.91 Å². The van der Waals surface area contributed by atoms with E-state index in [9.17, 15) is 9.90 Å². The summed E-state index contributed by atoms with van der Waals surface area (Å²) in [6.45, 7) is 1.79. The Morgan fingerprint density at radius 1 is 1.54 bits per heavy atom. The molecule has 68 valence electrons. The van der Waals surface area contributed by atoms with Crippen LogP contribution in [0.4, 0.5) is 0 Å². The summed E-state index contributed by atoms with van der Waals surface area (Å²) in [6, 6.07) is 5.30. The fourth-order valence-electron chi connectivity index (χ4n) is 0.988. The Morgan fingerprint density at radius 2 is 2.23 bits per heavy atom. The summed E-state index contributed by atoms with van der Waals surface area (Å²) in [5.74, 6) is -0.346. The number of amides is 1. The fourth-order valence-corrected chi connectivity index (χ4v) is 0.988. The maximum Gasteiger partial charge on any atom is 0.241 e. The molecule has 0 aliphatic carbocycles. The lowest BCUT2D eigenvalue weighted by atomic mass is 10.1. The molecule has 0 heterocycles. The molecule has 0 spiro atoms. The Hall–Kier alpha value is -1.77. The Labute approximate surface area is 76.5 Å². The molecule has 0 saturated carbocycles. The van der Waals surface area contributed by atoms with Gasteiger partial charge in [-0.25, -0.2) is 0 Å². The molecule has 13 heavy (non-hydrogen) atoms. The molecule has 3 heteroatoms. The molecule has 0 bridgehead atoms. The van der Waals surface area contributed by atoms with E-state index in [4.69, 9.17) is 5.73 Å². The predicted molar refractivity (Wildman–Crippen MR) is 51.1 cm³/mol. The topological polar surface area (TPSA) is 63.3 Å². The first kappa shape index (κ1) is 9.32. The predicted octanol–water partition coefficient (Wildman–Crippen LogP) is 1.20. The van der Waals surface area contributed by atoms with Crippen LogP contribution in [0.3, 0.4) is 0 Å². The molecule has 0 radical (unpaired) electrons. The van der Waals surface area contributed by atoms with Crippen LogP contribution in [0.15, 0.2) is 24.3 Å². The SMILES string of the molecule is Cc1cccc(/C=C/C(N)=O)c1O. The van der Waals surface area contributed by atoms with Crippen molar-refractivity contribution in [2.45, 2.75) is 6.92 Å². The lowest BCUT2D eigenvalue weighted by molar-refractivity contribution is -0.113. The molecule has 0 aliphatic rings. The van der Waals surface area contributed by atoms with Gasteiger partial charge in [0.15, 0.2) is 0 Å². The van der Waals surface area contributed by atoms with Crippen molar-refractivity contribution in [1.29, 1.82) is 0 Å². The van der Waals surface area contributed by atoms with Gasteiger partial charge in [0, 0.05) is 11.6 Å². The summed E-state index contributed by atoms with van der Waals surface area (Å²) in [5, 5.41) is 9.51. The molecule has 0 saturated heterocycles. The molecule has 0 aromatic heterocycles. The second kappa shape index (κ2) is 3.76. The summed E-state index contributed by atoms with van der Waals surface area (Å²) in [4.78, 5) is 10.4. The lowest BCUT2D eigenvalue weighted by Crippen LogP contribution is -2.05. The van der Waals surface area contributed by atoms with Crippen LogP contribution in [-0.4, -0.2) is 11.0 Å². The van der Waals surface area contributed by atoms with E-state index in [2.05, 4.69) is 0 Å². The van der Waals surface area contributed by atoms with E-state index in [0.29, 0.717) is 5.56 Å². The van der Waals surface area contributed by atoms with Crippen LogP contribution >= 0.6 is 0 Å². The minimum atomic E-state index is -0.527. The van der Waals surface area contributed by atoms with Crippen LogP contribution in [-0.2, 0) is 4.79 Å². The second-order valence-electron chi connectivity index (χ2n) is 2.75. The van der Waals surface area contributed by atoms with E-state index in [1.807, 2.05) is 0 Å². The molecule has 0 fully saturated rings. The number of aromatic hydroxyl groups is 1. The molecule has 1 aromatic rings. The molecular formula is C10H11NO2. The van der Waals surface area contributed by atoms with Crippen molar-refractivity contribution < 1.29 is 9.90 Å². The van der Waals surface area contributed by atoms with Crippen LogP contribution in [0.5, 0.6) is 5.75 Å². The highest BCUT2D eigenvalue weighted by molar-refractivity contribution is 5.90. The Balaban J connectivity index is 3.02. The summed E-state index contributed by atoms with van der Waals surface area (Å²) in [6.07, 6.45) is 2.71. The summed E-state index contributed by atoms with van der Waals surface area (Å²) in [7, 11) is 0. The van der Waals surface area contributed by atoms with Gasteiger partial charge in [-0.15, -0.1) is 0 Å². The number of carbonyl (C=O) groups excluding carboxylic acids is 1. The minimum absolute atomic E-state index is 0.181. The highest BCUT2D eigenvalue weighted by Crippen LogP contribution is 2.22. The first-order valence-electron chi connectivity index (χ1n) is 3.87. The van der Waals surface area contributed by atoms with Gasteiger partial charge < -0.3 is 10.8 Å². The number of carbonyl (C=O) groups is 1. The van der Waals surface area contributed by atoms with Gasteiger partial charge >= 0.3 is 0 Å². The number of benzene rings is 1. The minimum Gasteiger partial charge on any atom is -0.507 e. The van der Waals surface area contributed by atoms with E-state index in [1.54, 1.807) is 25.1 Å². The van der Waals surface area contributed by atoms with Gasteiger partial charge in [-0.1, -0.05) is 18.2 Å². The van der Waals surface area contributed by atoms with Crippen molar-refractivity contribution in [2.75, 3.05) is 0 Å². The summed E-state index contributed by atoms with van der Waals surface area (Å²) >= 11 is 0. The van der Waals surface area contributed by atoms with Gasteiger partial charge in [-0.05, 0) is 18.6 Å². The molecule has 3 N–H and O–H groups in total. The zero-order valence-corrected chi connectivity index (χ0v) is 7.32. The average Bonchev–Trinajstić information content (AvgIpc) is 2.07. The number of aryl methyl sites for hydroxylation is 1. The van der Waals surface area contributed by atoms with Gasteiger partial charge in [0.25, 0.3) is 0 Å². The fraction of sp³-hybridized carbons (Fsp3) is 0.100. The smallest absolute Gasteiger partial charge is 0.241 e.